The maximum atomic E-state index is 12.6. The Bertz CT molecular complexity index is 1090. The standard InChI is InChI=1S/C24H27N5O3.Na.H/c1-3-4-5-6-17-7-9-18(10-8-17)11-12-22(30)25-19-13-16(2)14-20-23(19)32-21(15-31-20)24-26-28-29-27-24;;/h7-14,21H,3-6,15H2,1-2H3,(H,25,30)(H,26,27,28,29);;/q;+1;-1. The molecular weight excluding hydrogens is 429 g/mol. The third-order valence-electron chi connectivity index (χ3n) is 5.23. The molecule has 1 atom stereocenters. The van der Waals surface area contributed by atoms with Crippen LogP contribution in [0, 0.1) is 6.92 Å². The van der Waals surface area contributed by atoms with Gasteiger partial charge in [-0.05, 0) is 54.7 Å². The van der Waals surface area contributed by atoms with Gasteiger partial charge in [0, 0.05) is 6.08 Å². The van der Waals surface area contributed by atoms with E-state index >= 15 is 0 Å². The van der Waals surface area contributed by atoms with Crippen LogP contribution in [-0.4, -0.2) is 33.1 Å². The number of carbonyl (C=O) groups is 1. The van der Waals surface area contributed by atoms with E-state index < -0.39 is 6.10 Å². The van der Waals surface area contributed by atoms with Crippen LogP contribution in [0.2, 0.25) is 0 Å². The van der Waals surface area contributed by atoms with Crippen molar-refractivity contribution in [2.75, 3.05) is 11.9 Å². The molecule has 0 saturated carbocycles. The summed E-state index contributed by atoms with van der Waals surface area (Å²) in [4.78, 5) is 12.6. The Hall–Kier alpha value is -2.68. The topological polar surface area (TPSA) is 102 Å². The number of rotatable bonds is 8. The largest absolute Gasteiger partial charge is 1.00 e. The van der Waals surface area contributed by atoms with Crippen molar-refractivity contribution in [3.05, 3.63) is 65.0 Å². The normalized spacial score (nSPS) is 14.7. The molecule has 1 unspecified atom stereocenters. The van der Waals surface area contributed by atoms with E-state index in [4.69, 9.17) is 9.47 Å². The zero-order valence-electron chi connectivity index (χ0n) is 20.3. The second kappa shape index (κ2) is 12.0. The number of nitrogens with one attached hydrogen (secondary N) is 2. The molecule has 8 nitrogen and oxygen atoms in total. The second-order valence-corrected chi connectivity index (χ2v) is 7.85. The van der Waals surface area contributed by atoms with E-state index in [1.165, 1.54) is 30.9 Å². The van der Waals surface area contributed by atoms with E-state index in [1.54, 1.807) is 6.08 Å². The van der Waals surface area contributed by atoms with E-state index in [1.807, 2.05) is 31.2 Å². The smallest absolute Gasteiger partial charge is 1.00 e. The van der Waals surface area contributed by atoms with Crippen molar-refractivity contribution in [3.8, 4) is 11.5 Å². The zero-order valence-corrected chi connectivity index (χ0v) is 21.3. The van der Waals surface area contributed by atoms with Crippen molar-refractivity contribution in [2.45, 2.75) is 45.6 Å². The van der Waals surface area contributed by atoms with Crippen LogP contribution in [0.15, 0.2) is 42.5 Å². The monoisotopic (exact) mass is 457 g/mol. The summed E-state index contributed by atoms with van der Waals surface area (Å²) < 4.78 is 11.9. The van der Waals surface area contributed by atoms with Crippen LogP contribution >= 0.6 is 0 Å². The quantitative estimate of drug-likeness (QED) is 0.302. The number of aryl methyl sites for hydroxylation is 2. The van der Waals surface area contributed by atoms with Gasteiger partial charge in [0.25, 0.3) is 0 Å². The first kappa shape index (κ1) is 25.0. The number of nitrogens with zero attached hydrogens (tertiary/aromatic N) is 3. The summed E-state index contributed by atoms with van der Waals surface area (Å²) in [5.41, 5.74) is 3.78. The van der Waals surface area contributed by atoms with Gasteiger partial charge in [-0.1, -0.05) is 49.2 Å². The molecule has 0 fully saturated rings. The number of fused-ring (bicyclic) bond motifs is 1. The molecule has 4 rings (SSSR count). The van der Waals surface area contributed by atoms with Crippen LogP contribution in [0.3, 0.4) is 0 Å². The number of amides is 1. The average molecular weight is 458 g/mol. The number of benzene rings is 2. The third kappa shape index (κ3) is 6.66. The van der Waals surface area contributed by atoms with Gasteiger partial charge in [-0.3, -0.25) is 4.79 Å². The van der Waals surface area contributed by atoms with Crippen molar-refractivity contribution in [3.63, 3.8) is 0 Å². The number of ether oxygens (including phenoxy) is 2. The third-order valence-corrected chi connectivity index (χ3v) is 5.23. The number of aromatic amines is 1. The molecule has 9 heteroatoms. The number of carbonyl (C=O) groups excluding carboxylic acids is 1. The number of hydrogen-bond acceptors (Lipinski definition) is 6. The van der Waals surface area contributed by atoms with E-state index in [0.717, 1.165) is 17.5 Å². The van der Waals surface area contributed by atoms with Crippen LogP contribution in [0.25, 0.3) is 6.08 Å². The fourth-order valence-corrected chi connectivity index (χ4v) is 3.56. The van der Waals surface area contributed by atoms with Crippen molar-refractivity contribution < 1.29 is 45.3 Å². The number of aromatic nitrogens is 4. The molecular formula is C24H28N5NaO3. The summed E-state index contributed by atoms with van der Waals surface area (Å²) in [5.74, 6) is 1.17. The molecule has 0 radical (unpaired) electrons. The first-order valence-corrected chi connectivity index (χ1v) is 10.9. The van der Waals surface area contributed by atoms with Gasteiger partial charge in [0.2, 0.25) is 11.7 Å². The number of H-pyrrole nitrogens is 1. The summed E-state index contributed by atoms with van der Waals surface area (Å²) in [5, 5.41) is 16.8. The minimum absolute atomic E-state index is 0. The maximum absolute atomic E-state index is 12.6. The van der Waals surface area contributed by atoms with Gasteiger partial charge in [-0.25, -0.2) is 0 Å². The minimum atomic E-state index is -0.508. The van der Waals surface area contributed by atoms with Crippen LogP contribution in [0.5, 0.6) is 11.5 Å². The Labute approximate surface area is 216 Å². The van der Waals surface area contributed by atoms with E-state index in [2.05, 4.69) is 45.0 Å². The summed E-state index contributed by atoms with van der Waals surface area (Å²) in [7, 11) is 0. The predicted molar refractivity (Wildman–Crippen MR) is 123 cm³/mol. The van der Waals surface area contributed by atoms with Crippen LogP contribution in [0.1, 0.15) is 56.2 Å². The van der Waals surface area contributed by atoms with Gasteiger partial charge in [-0.15, -0.1) is 10.2 Å². The Morgan fingerprint density at radius 3 is 2.82 bits per heavy atom. The minimum Gasteiger partial charge on any atom is -1.00 e. The first-order chi connectivity index (χ1) is 15.6. The van der Waals surface area contributed by atoms with Crippen molar-refractivity contribution >= 4 is 17.7 Å². The molecule has 0 saturated heterocycles. The van der Waals surface area contributed by atoms with E-state index in [-0.39, 0.29) is 43.5 Å². The van der Waals surface area contributed by atoms with Crippen LogP contribution in [-0.2, 0) is 11.2 Å². The molecule has 0 spiro atoms. The van der Waals surface area contributed by atoms with Gasteiger partial charge in [0.1, 0.15) is 6.61 Å². The van der Waals surface area contributed by atoms with Crippen LogP contribution in [0.4, 0.5) is 5.69 Å². The number of tetrazole rings is 1. The summed E-state index contributed by atoms with van der Waals surface area (Å²) in [6.45, 7) is 4.40. The Kier molecular flexibility index (Phi) is 9.05. The molecule has 168 valence electrons. The van der Waals surface area contributed by atoms with Crippen LogP contribution < -0.4 is 44.3 Å². The number of unbranched alkanes of at least 4 members (excludes halogenated alkanes) is 2. The maximum Gasteiger partial charge on any atom is 1.00 e. The Balaban J connectivity index is 0.00000204. The molecule has 2 N–H and O–H groups in total. The van der Waals surface area contributed by atoms with E-state index in [0.29, 0.717) is 23.0 Å². The zero-order chi connectivity index (χ0) is 22.3. The number of hydrogen-bond donors (Lipinski definition) is 2. The second-order valence-electron chi connectivity index (χ2n) is 7.85. The molecule has 2 aromatic carbocycles. The summed E-state index contributed by atoms with van der Waals surface area (Å²) >= 11 is 0. The molecule has 2 heterocycles. The first-order valence-electron chi connectivity index (χ1n) is 10.9. The molecule has 1 aromatic heterocycles. The molecule has 3 aromatic rings. The average Bonchev–Trinajstić information content (AvgIpc) is 3.33. The fraction of sp³-hybridized carbons (Fsp3) is 0.333. The Morgan fingerprint density at radius 1 is 1.27 bits per heavy atom. The van der Waals surface area contributed by atoms with Gasteiger partial charge in [-0.2, -0.15) is 5.21 Å². The van der Waals surface area contributed by atoms with Gasteiger partial charge in [0.05, 0.1) is 5.69 Å². The summed E-state index contributed by atoms with van der Waals surface area (Å²) in [6.07, 6.45) is 7.56. The number of anilines is 1. The molecule has 0 aliphatic carbocycles. The predicted octanol–water partition coefficient (Wildman–Crippen LogP) is 1.52. The molecule has 1 aliphatic heterocycles. The van der Waals surface area contributed by atoms with Crippen molar-refractivity contribution in [1.82, 2.24) is 20.6 Å². The molecule has 0 bridgehead atoms. The van der Waals surface area contributed by atoms with Crippen molar-refractivity contribution in [1.29, 1.82) is 0 Å². The SMILES string of the molecule is CCCCCc1ccc(C=CC(=O)Nc2cc(C)cc3c2OC(c2nn[nH]n2)CO3)cc1.[H-].[Na+]. The van der Waals surface area contributed by atoms with Gasteiger partial charge < -0.3 is 16.2 Å². The fourth-order valence-electron chi connectivity index (χ4n) is 3.56. The van der Waals surface area contributed by atoms with Gasteiger partial charge >= 0.3 is 29.6 Å². The molecule has 1 amide bonds. The van der Waals surface area contributed by atoms with E-state index in [9.17, 15) is 4.79 Å². The molecule has 33 heavy (non-hydrogen) atoms. The summed E-state index contributed by atoms with van der Waals surface area (Å²) in [6, 6.07) is 12.0. The van der Waals surface area contributed by atoms with Gasteiger partial charge in [0.15, 0.2) is 17.6 Å². The Morgan fingerprint density at radius 2 is 2.09 bits per heavy atom. The molecule has 1 aliphatic rings. The van der Waals surface area contributed by atoms with Crippen molar-refractivity contribution in [2.24, 2.45) is 0 Å².